The monoisotopic (exact) mass is 269 g/mol. The molecule has 2 aromatic heterocycles. The van der Waals surface area contributed by atoms with Crippen molar-refractivity contribution < 1.29 is 0 Å². The van der Waals surface area contributed by atoms with Crippen LogP contribution >= 0.6 is 11.3 Å². The summed E-state index contributed by atoms with van der Waals surface area (Å²) < 4.78 is 0. The van der Waals surface area contributed by atoms with E-state index in [0.717, 1.165) is 35.6 Å². The average Bonchev–Trinajstić information content (AvgIpc) is 2.91. The van der Waals surface area contributed by atoms with Crippen molar-refractivity contribution >= 4 is 27.9 Å². The van der Waals surface area contributed by atoms with Crippen LogP contribution in [-0.2, 0) is 6.42 Å². The van der Waals surface area contributed by atoms with E-state index in [1.807, 2.05) is 30.6 Å². The number of fused-ring (bicyclic) bond motifs is 1. The molecule has 0 bridgehead atoms. The summed E-state index contributed by atoms with van der Waals surface area (Å²) in [5, 5.41) is 6.76. The molecule has 4 heteroatoms. The van der Waals surface area contributed by atoms with Crippen LogP contribution in [0, 0.1) is 6.92 Å². The predicted octanol–water partition coefficient (Wildman–Crippen LogP) is 3.65. The highest BCUT2D eigenvalue weighted by atomic mass is 32.1. The number of nitrogens with zero attached hydrogens (tertiary/aromatic N) is 2. The van der Waals surface area contributed by atoms with Crippen molar-refractivity contribution in [3.05, 3.63) is 52.6 Å². The van der Waals surface area contributed by atoms with Crippen LogP contribution in [0.3, 0.4) is 0 Å². The van der Waals surface area contributed by atoms with E-state index in [-0.39, 0.29) is 0 Å². The van der Waals surface area contributed by atoms with Crippen LogP contribution in [0.25, 0.3) is 10.9 Å². The van der Waals surface area contributed by atoms with Crippen molar-refractivity contribution in [1.82, 2.24) is 9.97 Å². The van der Waals surface area contributed by atoms with Crippen LogP contribution in [0.2, 0.25) is 0 Å². The van der Waals surface area contributed by atoms with E-state index >= 15 is 0 Å². The van der Waals surface area contributed by atoms with Gasteiger partial charge in [-0.05, 0) is 19.1 Å². The first kappa shape index (κ1) is 12.1. The van der Waals surface area contributed by atoms with Crippen molar-refractivity contribution in [2.75, 3.05) is 11.9 Å². The van der Waals surface area contributed by atoms with Gasteiger partial charge < -0.3 is 5.32 Å². The van der Waals surface area contributed by atoms with Crippen molar-refractivity contribution in [2.24, 2.45) is 0 Å². The Morgan fingerprint density at radius 3 is 3.00 bits per heavy atom. The molecule has 1 aromatic carbocycles. The van der Waals surface area contributed by atoms with E-state index in [4.69, 9.17) is 0 Å². The van der Waals surface area contributed by atoms with Gasteiger partial charge in [0.1, 0.15) is 0 Å². The highest BCUT2D eigenvalue weighted by molar-refractivity contribution is 7.07. The number of nitrogens with one attached hydrogen (secondary N) is 1. The molecule has 0 amide bonds. The van der Waals surface area contributed by atoms with Crippen LogP contribution in [-0.4, -0.2) is 16.5 Å². The summed E-state index contributed by atoms with van der Waals surface area (Å²) in [5.41, 5.74) is 6.25. The number of para-hydroxylation sites is 1. The molecule has 3 nitrogen and oxygen atoms in total. The van der Waals surface area contributed by atoms with Crippen molar-refractivity contribution in [1.29, 1.82) is 0 Å². The fraction of sp³-hybridized carbons (Fsp3) is 0.200. The first-order valence-electron chi connectivity index (χ1n) is 6.30. The maximum atomic E-state index is 4.54. The molecule has 96 valence electrons. The van der Waals surface area contributed by atoms with Gasteiger partial charge in [0.15, 0.2) is 0 Å². The Bertz CT molecular complexity index is 677. The maximum absolute atomic E-state index is 4.54. The van der Waals surface area contributed by atoms with Crippen LogP contribution in [0.1, 0.15) is 11.4 Å². The average molecular weight is 269 g/mol. The number of aromatic nitrogens is 2. The fourth-order valence-corrected chi connectivity index (χ4v) is 2.73. The third kappa shape index (κ3) is 2.74. The SMILES string of the molecule is Cc1cc(NCCc2cscn2)c2ccccc2n1. The molecule has 0 aliphatic carbocycles. The minimum Gasteiger partial charge on any atom is -0.384 e. The second kappa shape index (κ2) is 5.36. The standard InChI is InChI=1S/C15H15N3S/c1-11-8-15(13-4-2-3-5-14(13)18-11)16-7-6-12-9-19-10-17-12/h2-5,8-10H,6-7H2,1H3,(H,16,18). The maximum Gasteiger partial charge on any atom is 0.0794 e. The summed E-state index contributed by atoms with van der Waals surface area (Å²) >= 11 is 1.64. The van der Waals surface area contributed by atoms with Crippen molar-refractivity contribution in [2.45, 2.75) is 13.3 Å². The van der Waals surface area contributed by atoms with Gasteiger partial charge in [-0.15, -0.1) is 11.3 Å². The molecule has 0 atom stereocenters. The summed E-state index contributed by atoms with van der Waals surface area (Å²) in [5.74, 6) is 0. The molecule has 0 radical (unpaired) electrons. The molecule has 1 N–H and O–H groups in total. The quantitative estimate of drug-likeness (QED) is 0.785. The Labute approximate surface area is 116 Å². The van der Waals surface area contributed by atoms with Gasteiger partial charge in [-0.25, -0.2) is 4.98 Å². The number of thiazole rings is 1. The Balaban J connectivity index is 1.80. The molecule has 0 fully saturated rings. The lowest BCUT2D eigenvalue weighted by Gasteiger charge is -2.10. The number of aryl methyl sites for hydroxylation is 1. The van der Waals surface area contributed by atoms with Gasteiger partial charge >= 0.3 is 0 Å². The molecule has 3 rings (SSSR count). The van der Waals surface area contributed by atoms with E-state index in [2.05, 4.69) is 32.8 Å². The van der Waals surface area contributed by atoms with E-state index in [0.29, 0.717) is 0 Å². The molecule has 0 saturated carbocycles. The number of hydrogen-bond donors (Lipinski definition) is 1. The van der Waals surface area contributed by atoms with Crippen LogP contribution in [0.4, 0.5) is 5.69 Å². The second-order valence-corrected chi connectivity index (χ2v) is 5.20. The molecular formula is C15H15N3S. The molecule has 0 spiro atoms. The Kier molecular flexibility index (Phi) is 3.42. The van der Waals surface area contributed by atoms with E-state index < -0.39 is 0 Å². The second-order valence-electron chi connectivity index (χ2n) is 4.48. The van der Waals surface area contributed by atoms with Crippen LogP contribution in [0.15, 0.2) is 41.2 Å². The largest absolute Gasteiger partial charge is 0.384 e. The normalized spacial score (nSPS) is 10.8. The smallest absolute Gasteiger partial charge is 0.0794 e. The van der Waals surface area contributed by atoms with E-state index in [9.17, 15) is 0 Å². The lowest BCUT2D eigenvalue weighted by atomic mass is 10.1. The molecule has 0 saturated heterocycles. The van der Waals surface area contributed by atoms with E-state index in [1.54, 1.807) is 11.3 Å². The van der Waals surface area contributed by atoms with Crippen LogP contribution < -0.4 is 5.32 Å². The van der Waals surface area contributed by atoms with Gasteiger partial charge in [-0.1, -0.05) is 18.2 Å². The van der Waals surface area contributed by atoms with Crippen molar-refractivity contribution in [3.8, 4) is 0 Å². The van der Waals surface area contributed by atoms with Gasteiger partial charge in [-0.3, -0.25) is 4.98 Å². The highest BCUT2D eigenvalue weighted by Gasteiger charge is 2.03. The number of hydrogen-bond acceptors (Lipinski definition) is 4. The molecule has 0 aliphatic heterocycles. The Morgan fingerprint density at radius 2 is 2.16 bits per heavy atom. The molecule has 0 aliphatic rings. The molecule has 3 aromatic rings. The minimum atomic E-state index is 0.886. The number of pyridine rings is 1. The van der Waals surface area contributed by atoms with Gasteiger partial charge in [0, 0.05) is 35.1 Å². The number of anilines is 1. The summed E-state index contributed by atoms with van der Waals surface area (Å²) in [6, 6.07) is 10.3. The summed E-state index contributed by atoms with van der Waals surface area (Å²) in [6.07, 6.45) is 0.944. The zero-order chi connectivity index (χ0) is 13.1. The molecule has 19 heavy (non-hydrogen) atoms. The number of benzene rings is 1. The third-order valence-corrected chi connectivity index (χ3v) is 3.66. The Hall–Kier alpha value is -1.94. The first-order chi connectivity index (χ1) is 9.33. The topological polar surface area (TPSA) is 37.8 Å². The molecule has 2 heterocycles. The van der Waals surface area contributed by atoms with Gasteiger partial charge in [0.2, 0.25) is 0 Å². The van der Waals surface area contributed by atoms with Gasteiger partial charge in [0.25, 0.3) is 0 Å². The van der Waals surface area contributed by atoms with Gasteiger partial charge in [-0.2, -0.15) is 0 Å². The van der Waals surface area contributed by atoms with E-state index in [1.165, 1.54) is 5.39 Å². The Morgan fingerprint density at radius 1 is 1.26 bits per heavy atom. The first-order valence-corrected chi connectivity index (χ1v) is 7.24. The van der Waals surface area contributed by atoms with Gasteiger partial charge in [0.05, 0.1) is 16.7 Å². The van der Waals surface area contributed by atoms with Crippen molar-refractivity contribution in [3.63, 3.8) is 0 Å². The third-order valence-electron chi connectivity index (χ3n) is 3.02. The van der Waals surface area contributed by atoms with Crippen LogP contribution in [0.5, 0.6) is 0 Å². The highest BCUT2D eigenvalue weighted by Crippen LogP contribution is 2.22. The lowest BCUT2D eigenvalue weighted by Crippen LogP contribution is -2.06. The summed E-state index contributed by atoms with van der Waals surface area (Å²) in [4.78, 5) is 8.84. The lowest BCUT2D eigenvalue weighted by molar-refractivity contribution is 0.978. The molecule has 0 unspecified atom stereocenters. The zero-order valence-electron chi connectivity index (χ0n) is 10.8. The zero-order valence-corrected chi connectivity index (χ0v) is 11.6. The minimum absolute atomic E-state index is 0.886. The molecular weight excluding hydrogens is 254 g/mol. The predicted molar refractivity (Wildman–Crippen MR) is 80.8 cm³/mol. The summed E-state index contributed by atoms with van der Waals surface area (Å²) in [6.45, 7) is 2.91. The fourth-order valence-electron chi connectivity index (χ4n) is 2.14. The summed E-state index contributed by atoms with van der Waals surface area (Å²) in [7, 11) is 0. The number of rotatable bonds is 4.